The standard InChI is InChI=1S/C21H21ClN2O6/c1-4-12(2)30-18-16(22)9-13(10-17(18)28-3)8-15-19(25)23-21(27)24(20(15)26)11-14-6-5-7-29-14/h5-10,12H,4,11H2,1-3H3,(H,23,25,27)/b15-8+/t12-/m1/s1. The van der Waals surface area contributed by atoms with Gasteiger partial charge in [0.15, 0.2) is 11.5 Å². The number of amides is 4. The Morgan fingerprint density at radius 1 is 1.30 bits per heavy atom. The van der Waals surface area contributed by atoms with Gasteiger partial charge in [-0.05, 0) is 49.2 Å². The molecule has 1 saturated heterocycles. The molecule has 2 heterocycles. The Morgan fingerprint density at radius 2 is 2.07 bits per heavy atom. The lowest BCUT2D eigenvalue weighted by atomic mass is 10.1. The quantitative estimate of drug-likeness (QED) is 0.528. The van der Waals surface area contributed by atoms with Gasteiger partial charge in [0.2, 0.25) is 0 Å². The van der Waals surface area contributed by atoms with Crippen molar-refractivity contribution in [2.45, 2.75) is 32.9 Å². The molecular weight excluding hydrogens is 412 g/mol. The number of ether oxygens (including phenoxy) is 2. The number of hydrogen-bond donors (Lipinski definition) is 1. The molecule has 0 spiro atoms. The topological polar surface area (TPSA) is 98.1 Å². The van der Waals surface area contributed by atoms with Gasteiger partial charge >= 0.3 is 6.03 Å². The summed E-state index contributed by atoms with van der Waals surface area (Å²) in [7, 11) is 1.47. The predicted molar refractivity (Wildman–Crippen MR) is 109 cm³/mol. The molecule has 0 aliphatic carbocycles. The number of halogens is 1. The van der Waals surface area contributed by atoms with Crippen LogP contribution in [0.4, 0.5) is 4.79 Å². The minimum atomic E-state index is -0.813. The zero-order valence-electron chi connectivity index (χ0n) is 16.7. The zero-order valence-corrected chi connectivity index (χ0v) is 17.5. The van der Waals surface area contributed by atoms with E-state index in [1.54, 1.807) is 24.3 Å². The molecular formula is C21H21ClN2O6. The Bertz CT molecular complexity index is 999. The number of furan rings is 1. The van der Waals surface area contributed by atoms with E-state index in [9.17, 15) is 14.4 Å². The number of nitrogens with one attached hydrogen (secondary N) is 1. The third kappa shape index (κ3) is 4.49. The van der Waals surface area contributed by atoms with Crippen LogP contribution in [0.25, 0.3) is 6.08 Å². The van der Waals surface area contributed by atoms with E-state index in [2.05, 4.69) is 5.32 Å². The third-order valence-electron chi connectivity index (χ3n) is 4.54. The van der Waals surface area contributed by atoms with E-state index >= 15 is 0 Å². The second kappa shape index (κ2) is 9.04. The lowest BCUT2D eigenvalue weighted by Crippen LogP contribution is -2.53. The summed E-state index contributed by atoms with van der Waals surface area (Å²) < 4.78 is 16.4. The average Bonchev–Trinajstić information content (AvgIpc) is 3.23. The van der Waals surface area contributed by atoms with Crippen LogP contribution in [0.5, 0.6) is 11.5 Å². The second-order valence-corrected chi connectivity index (χ2v) is 7.07. The Labute approximate surface area is 178 Å². The van der Waals surface area contributed by atoms with Crippen LogP contribution in [-0.4, -0.2) is 36.0 Å². The van der Waals surface area contributed by atoms with E-state index in [4.69, 9.17) is 25.5 Å². The molecule has 1 aromatic carbocycles. The van der Waals surface area contributed by atoms with Crippen molar-refractivity contribution in [3.8, 4) is 11.5 Å². The first-order valence-corrected chi connectivity index (χ1v) is 9.67. The molecule has 4 amide bonds. The fourth-order valence-electron chi connectivity index (χ4n) is 2.78. The van der Waals surface area contributed by atoms with Crippen molar-refractivity contribution in [3.63, 3.8) is 0 Å². The summed E-state index contributed by atoms with van der Waals surface area (Å²) in [6.07, 6.45) is 3.48. The van der Waals surface area contributed by atoms with Crippen molar-refractivity contribution < 1.29 is 28.3 Å². The van der Waals surface area contributed by atoms with E-state index in [0.29, 0.717) is 22.8 Å². The number of carbonyl (C=O) groups excluding carboxylic acids is 3. The first-order valence-electron chi connectivity index (χ1n) is 9.29. The van der Waals surface area contributed by atoms with Crippen LogP contribution < -0.4 is 14.8 Å². The van der Waals surface area contributed by atoms with Crippen LogP contribution in [0.15, 0.2) is 40.5 Å². The molecule has 0 radical (unpaired) electrons. The summed E-state index contributed by atoms with van der Waals surface area (Å²) in [4.78, 5) is 38.1. The molecule has 8 nitrogen and oxygen atoms in total. The minimum absolute atomic E-state index is 0.0764. The number of benzene rings is 1. The molecule has 1 aliphatic heterocycles. The van der Waals surface area contributed by atoms with Gasteiger partial charge in [0, 0.05) is 0 Å². The summed E-state index contributed by atoms with van der Waals surface area (Å²) in [5.41, 5.74) is 0.231. The molecule has 1 aromatic heterocycles. The molecule has 3 rings (SSSR count). The van der Waals surface area contributed by atoms with E-state index < -0.39 is 17.8 Å². The zero-order chi connectivity index (χ0) is 21.8. The molecule has 158 valence electrons. The van der Waals surface area contributed by atoms with Crippen molar-refractivity contribution in [1.82, 2.24) is 10.2 Å². The number of methoxy groups -OCH3 is 1. The fourth-order valence-corrected chi connectivity index (χ4v) is 3.05. The normalized spacial score (nSPS) is 16.6. The fraction of sp³-hybridized carbons (Fsp3) is 0.286. The summed E-state index contributed by atoms with van der Waals surface area (Å²) in [6.45, 7) is 3.78. The van der Waals surface area contributed by atoms with Crippen LogP contribution >= 0.6 is 11.6 Å². The van der Waals surface area contributed by atoms with Gasteiger partial charge in [0.25, 0.3) is 11.8 Å². The average molecular weight is 433 g/mol. The Kier molecular flexibility index (Phi) is 6.47. The lowest BCUT2D eigenvalue weighted by Gasteiger charge is -2.25. The number of hydrogen-bond acceptors (Lipinski definition) is 6. The largest absolute Gasteiger partial charge is 0.493 e. The monoisotopic (exact) mass is 432 g/mol. The molecule has 2 aromatic rings. The van der Waals surface area contributed by atoms with Gasteiger partial charge in [0.05, 0.1) is 31.0 Å². The van der Waals surface area contributed by atoms with Crippen molar-refractivity contribution in [2.24, 2.45) is 0 Å². The van der Waals surface area contributed by atoms with Crippen LogP contribution in [0.1, 0.15) is 31.6 Å². The molecule has 0 unspecified atom stereocenters. The first kappa shape index (κ1) is 21.4. The highest BCUT2D eigenvalue weighted by Crippen LogP contribution is 2.38. The van der Waals surface area contributed by atoms with E-state index in [-0.39, 0.29) is 23.2 Å². The highest BCUT2D eigenvalue weighted by molar-refractivity contribution is 6.33. The number of carbonyl (C=O) groups is 3. The molecule has 30 heavy (non-hydrogen) atoms. The predicted octanol–water partition coefficient (Wildman–Crippen LogP) is 3.78. The molecule has 1 atom stereocenters. The highest BCUT2D eigenvalue weighted by atomic mass is 35.5. The first-order chi connectivity index (χ1) is 14.3. The number of rotatable bonds is 7. The van der Waals surface area contributed by atoms with Gasteiger partial charge in [-0.1, -0.05) is 18.5 Å². The van der Waals surface area contributed by atoms with Gasteiger partial charge in [-0.3, -0.25) is 19.8 Å². The number of barbiturate groups is 1. The van der Waals surface area contributed by atoms with Gasteiger partial charge in [0.1, 0.15) is 11.3 Å². The molecule has 9 heteroatoms. The van der Waals surface area contributed by atoms with Crippen molar-refractivity contribution >= 4 is 35.5 Å². The van der Waals surface area contributed by atoms with E-state index in [1.807, 2.05) is 13.8 Å². The van der Waals surface area contributed by atoms with Crippen molar-refractivity contribution in [3.05, 3.63) is 52.4 Å². The maximum atomic E-state index is 12.8. The lowest BCUT2D eigenvalue weighted by molar-refractivity contribution is -0.130. The molecule has 0 saturated carbocycles. The van der Waals surface area contributed by atoms with E-state index in [0.717, 1.165) is 11.3 Å². The van der Waals surface area contributed by atoms with Gasteiger partial charge < -0.3 is 13.9 Å². The number of imide groups is 2. The van der Waals surface area contributed by atoms with Crippen LogP contribution in [0, 0.1) is 0 Å². The summed E-state index contributed by atoms with van der Waals surface area (Å²) >= 11 is 6.35. The van der Waals surface area contributed by atoms with Crippen molar-refractivity contribution in [1.29, 1.82) is 0 Å². The van der Waals surface area contributed by atoms with Crippen molar-refractivity contribution in [2.75, 3.05) is 7.11 Å². The van der Waals surface area contributed by atoms with Gasteiger partial charge in [-0.2, -0.15) is 0 Å². The maximum absolute atomic E-state index is 12.8. The van der Waals surface area contributed by atoms with E-state index in [1.165, 1.54) is 19.4 Å². The van der Waals surface area contributed by atoms with Crippen LogP contribution in [-0.2, 0) is 16.1 Å². The number of nitrogens with zero attached hydrogens (tertiary/aromatic N) is 1. The van der Waals surface area contributed by atoms with Crippen LogP contribution in [0.3, 0.4) is 0 Å². The molecule has 0 bridgehead atoms. The maximum Gasteiger partial charge on any atom is 0.331 e. The SMILES string of the molecule is CC[C@@H](C)Oc1c(Cl)cc(/C=C2\C(=O)NC(=O)N(Cc3ccco3)C2=O)cc1OC. The molecule has 1 fully saturated rings. The van der Waals surface area contributed by atoms with Gasteiger partial charge in [-0.15, -0.1) is 0 Å². The molecule has 1 aliphatic rings. The third-order valence-corrected chi connectivity index (χ3v) is 4.82. The Morgan fingerprint density at radius 3 is 2.70 bits per heavy atom. The van der Waals surface area contributed by atoms with Gasteiger partial charge in [-0.25, -0.2) is 4.79 Å². The summed E-state index contributed by atoms with van der Waals surface area (Å²) in [6, 6.07) is 5.61. The summed E-state index contributed by atoms with van der Waals surface area (Å²) in [5, 5.41) is 2.43. The highest BCUT2D eigenvalue weighted by Gasteiger charge is 2.36. The van der Waals surface area contributed by atoms with Crippen LogP contribution in [0.2, 0.25) is 5.02 Å². The smallest absolute Gasteiger partial charge is 0.331 e. The Balaban J connectivity index is 1.94. The minimum Gasteiger partial charge on any atom is -0.493 e. The molecule has 1 N–H and O–H groups in total. The second-order valence-electron chi connectivity index (χ2n) is 6.66. The number of urea groups is 1. The Hall–Kier alpha value is -3.26. The summed E-state index contributed by atoms with van der Waals surface area (Å²) in [5.74, 6) is -0.388.